The lowest BCUT2D eigenvalue weighted by Crippen LogP contribution is -2.45. The molecule has 0 amide bonds. The third-order valence-corrected chi connectivity index (χ3v) is 9.08. The minimum absolute atomic E-state index is 0.116. The molecule has 25 heavy (non-hydrogen) atoms. The standard InChI is InChI=1S/C16H25ClN4O3Si/c1-7-23-15(22)12(20-21-18)13(11-9-8-10-19-14(11)17)24-25(5,6)16(2,3)4/h8-10,12-13H,7H2,1-6H3. The maximum atomic E-state index is 12.4. The second kappa shape index (κ2) is 8.67. The van der Waals surface area contributed by atoms with Crippen LogP contribution in [-0.2, 0) is 14.0 Å². The topological polar surface area (TPSA) is 97.2 Å². The first-order chi connectivity index (χ1) is 11.5. The number of rotatable bonds is 7. The van der Waals surface area contributed by atoms with Gasteiger partial charge < -0.3 is 9.16 Å². The van der Waals surface area contributed by atoms with E-state index in [4.69, 9.17) is 26.3 Å². The van der Waals surface area contributed by atoms with Gasteiger partial charge in [-0.2, -0.15) is 0 Å². The van der Waals surface area contributed by atoms with Crippen molar-refractivity contribution in [2.24, 2.45) is 5.11 Å². The van der Waals surface area contributed by atoms with Gasteiger partial charge in [-0.3, -0.25) is 4.79 Å². The van der Waals surface area contributed by atoms with Crippen LogP contribution in [0.25, 0.3) is 10.4 Å². The average Bonchev–Trinajstić information content (AvgIpc) is 2.50. The lowest BCUT2D eigenvalue weighted by atomic mass is 10.1. The third kappa shape index (κ3) is 5.44. The molecule has 138 valence electrons. The Balaban J connectivity index is 3.43. The highest BCUT2D eigenvalue weighted by Crippen LogP contribution is 2.42. The van der Waals surface area contributed by atoms with E-state index in [1.807, 2.05) is 13.1 Å². The lowest BCUT2D eigenvalue weighted by Gasteiger charge is -2.40. The minimum atomic E-state index is -2.31. The highest BCUT2D eigenvalue weighted by Gasteiger charge is 2.43. The van der Waals surface area contributed by atoms with E-state index < -0.39 is 26.4 Å². The molecule has 0 N–H and O–H groups in total. The first-order valence-corrected chi connectivity index (χ1v) is 11.3. The zero-order chi connectivity index (χ0) is 19.3. The molecule has 2 atom stereocenters. The fourth-order valence-electron chi connectivity index (χ4n) is 1.92. The third-order valence-electron chi connectivity index (χ3n) is 4.31. The van der Waals surface area contributed by atoms with Crippen molar-refractivity contribution in [3.8, 4) is 0 Å². The van der Waals surface area contributed by atoms with E-state index in [-0.39, 0.29) is 16.8 Å². The number of nitrogens with zero attached hydrogens (tertiary/aromatic N) is 4. The van der Waals surface area contributed by atoms with Crippen molar-refractivity contribution < 1.29 is 14.0 Å². The Labute approximate surface area is 154 Å². The van der Waals surface area contributed by atoms with Crippen LogP contribution >= 0.6 is 11.6 Å². The fourth-order valence-corrected chi connectivity index (χ4v) is 3.39. The summed E-state index contributed by atoms with van der Waals surface area (Å²) in [4.78, 5) is 19.2. The van der Waals surface area contributed by atoms with E-state index in [0.29, 0.717) is 5.56 Å². The van der Waals surface area contributed by atoms with Crippen LogP contribution in [-0.4, -0.2) is 31.9 Å². The van der Waals surface area contributed by atoms with E-state index in [1.165, 1.54) is 0 Å². The molecule has 0 bridgehead atoms. The quantitative estimate of drug-likeness (QED) is 0.164. The molecule has 0 aliphatic carbocycles. The van der Waals surface area contributed by atoms with Crippen LogP contribution in [0, 0.1) is 0 Å². The van der Waals surface area contributed by atoms with Crippen molar-refractivity contribution in [3.05, 3.63) is 39.5 Å². The molecule has 0 radical (unpaired) electrons. The molecule has 0 saturated heterocycles. The van der Waals surface area contributed by atoms with Gasteiger partial charge in [0.2, 0.25) is 0 Å². The smallest absolute Gasteiger partial charge is 0.317 e. The van der Waals surface area contributed by atoms with Gasteiger partial charge in [0.25, 0.3) is 0 Å². The zero-order valence-corrected chi connectivity index (χ0v) is 17.2. The molecule has 9 heteroatoms. The zero-order valence-electron chi connectivity index (χ0n) is 15.5. The monoisotopic (exact) mass is 384 g/mol. The fraction of sp³-hybridized carbons (Fsp3) is 0.625. The second-order valence-electron chi connectivity index (χ2n) is 7.08. The second-order valence-corrected chi connectivity index (χ2v) is 12.2. The van der Waals surface area contributed by atoms with Gasteiger partial charge in [0.05, 0.1) is 12.7 Å². The summed E-state index contributed by atoms with van der Waals surface area (Å²) >= 11 is 6.23. The number of hydrogen-bond acceptors (Lipinski definition) is 5. The number of aromatic nitrogens is 1. The van der Waals surface area contributed by atoms with E-state index in [0.717, 1.165) is 0 Å². The Morgan fingerprint density at radius 3 is 2.60 bits per heavy atom. The highest BCUT2D eigenvalue weighted by atomic mass is 35.5. The van der Waals surface area contributed by atoms with Crippen LogP contribution in [0.5, 0.6) is 0 Å². The van der Waals surface area contributed by atoms with Crippen LogP contribution in [0.15, 0.2) is 23.4 Å². The molecule has 0 spiro atoms. The summed E-state index contributed by atoms with van der Waals surface area (Å²) in [5, 5.41) is 3.73. The van der Waals surface area contributed by atoms with Crippen LogP contribution in [0.1, 0.15) is 39.4 Å². The molecular formula is C16H25ClN4O3Si. The summed E-state index contributed by atoms with van der Waals surface area (Å²) in [5.74, 6) is -0.649. The van der Waals surface area contributed by atoms with Crippen molar-refractivity contribution in [2.75, 3.05) is 6.61 Å². The molecule has 0 aliphatic rings. The van der Waals surface area contributed by atoms with Gasteiger partial charge in [-0.25, -0.2) is 4.98 Å². The first-order valence-electron chi connectivity index (χ1n) is 8.04. The number of carbonyl (C=O) groups is 1. The summed E-state index contributed by atoms with van der Waals surface area (Å²) in [6, 6.07) is 2.23. The summed E-state index contributed by atoms with van der Waals surface area (Å²) in [6.45, 7) is 12.2. The van der Waals surface area contributed by atoms with Crippen molar-refractivity contribution in [1.82, 2.24) is 4.98 Å². The van der Waals surface area contributed by atoms with Crippen LogP contribution in [0.4, 0.5) is 0 Å². The van der Waals surface area contributed by atoms with Crippen molar-refractivity contribution >= 4 is 25.9 Å². The Morgan fingerprint density at radius 2 is 2.12 bits per heavy atom. The Kier molecular flexibility index (Phi) is 7.43. The number of halogens is 1. The van der Waals surface area contributed by atoms with Gasteiger partial charge in [0, 0.05) is 16.7 Å². The minimum Gasteiger partial charge on any atom is -0.466 e. The predicted molar refractivity (Wildman–Crippen MR) is 99.8 cm³/mol. The largest absolute Gasteiger partial charge is 0.466 e. The summed E-state index contributed by atoms with van der Waals surface area (Å²) in [5.41, 5.74) is 9.43. The molecule has 0 fully saturated rings. The lowest BCUT2D eigenvalue weighted by molar-refractivity contribution is -0.147. The van der Waals surface area contributed by atoms with E-state index in [2.05, 4.69) is 35.8 Å². The number of pyridine rings is 1. The summed E-state index contributed by atoms with van der Waals surface area (Å²) < 4.78 is 11.5. The maximum Gasteiger partial charge on any atom is 0.317 e. The summed E-state index contributed by atoms with van der Waals surface area (Å²) in [7, 11) is -2.31. The van der Waals surface area contributed by atoms with Gasteiger partial charge in [-0.15, -0.1) is 0 Å². The molecular weight excluding hydrogens is 360 g/mol. The van der Waals surface area contributed by atoms with Crippen LogP contribution in [0.3, 0.4) is 0 Å². The first kappa shape index (κ1) is 21.4. The number of hydrogen-bond donors (Lipinski definition) is 0. The predicted octanol–water partition coefficient (Wildman–Crippen LogP) is 5.04. The van der Waals surface area contributed by atoms with Gasteiger partial charge in [0.1, 0.15) is 5.15 Å². The van der Waals surface area contributed by atoms with Crippen molar-refractivity contribution in [1.29, 1.82) is 0 Å². The van der Waals surface area contributed by atoms with Gasteiger partial charge in [-0.1, -0.05) is 43.6 Å². The Morgan fingerprint density at radius 1 is 1.48 bits per heavy atom. The molecule has 0 aliphatic heterocycles. The Hall–Kier alpha value is -1.60. The van der Waals surface area contributed by atoms with Crippen molar-refractivity contribution in [3.63, 3.8) is 0 Å². The van der Waals surface area contributed by atoms with E-state index >= 15 is 0 Å². The Bertz CT molecular complexity index is 657. The number of esters is 1. The molecule has 1 aromatic rings. The van der Waals surface area contributed by atoms with Crippen LogP contribution < -0.4 is 0 Å². The normalized spacial score (nSPS) is 14.4. The molecule has 2 unspecified atom stereocenters. The summed E-state index contributed by atoms with van der Waals surface area (Å²) in [6.07, 6.45) is 0.680. The number of carbonyl (C=O) groups excluding carboxylic acids is 1. The van der Waals surface area contributed by atoms with Gasteiger partial charge >= 0.3 is 5.97 Å². The van der Waals surface area contributed by atoms with E-state index in [9.17, 15) is 4.79 Å². The molecule has 0 aromatic carbocycles. The maximum absolute atomic E-state index is 12.4. The number of azide groups is 1. The highest BCUT2D eigenvalue weighted by molar-refractivity contribution is 6.74. The molecule has 1 heterocycles. The molecule has 7 nitrogen and oxygen atoms in total. The SMILES string of the molecule is CCOC(=O)C(N=[N+]=[N-])C(O[Si](C)(C)C(C)(C)C)c1cccnc1Cl. The number of ether oxygens (including phenoxy) is 1. The molecule has 0 saturated carbocycles. The van der Waals surface area contributed by atoms with Gasteiger partial charge in [0.15, 0.2) is 14.4 Å². The van der Waals surface area contributed by atoms with E-state index in [1.54, 1.807) is 25.3 Å². The average molecular weight is 385 g/mol. The van der Waals surface area contributed by atoms with Crippen LogP contribution in [0.2, 0.25) is 23.3 Å². The molecule has 1 aromatic heterocycles. The van der Waals surface area contributed by atoms with Crippen molar-refractivity contribution in [2.45, 2.75) is 58.0 Å². The molecule has 1 rings (SSSR count). The van der Waals surface area contributed by atoms with Gasteiger partial charge in [-0.05, 0) is 36.7 Å².